The predicted octanol–water partition coefficient (Wildman–Crippen LogP) is 2.76. The van der Waals surface area contributed by atoms with Crippen molar-refractivity contribution in [2.75, 3.05) is 13.1 Å². The minimum atomic E-state index is -4.16. The number of rotatable bonds is 2. The second kappa shape index (κ2) is 5.42. The zero-order valence-corrected chi connectivity index (χ0v) is 11.9. The van der Waals surface area contributed by atoms with Gasteiger partial charge in [0.25, 0.3) is 5.56 Å². The molecule has 2 aromatic heterocycles. The molecule has 1 atom stereocenters. The highest BCUT2D eigenvalue weighted by atomic mass is 32.1. The first-order valence-corrected chi connectivity index (χ1v) is 7.57. The molecule has 1 aliphatic rings. The number of H-pyrrole nitrogens is 1. The maximum absolute atomic E-state index is 12.8. The quantitative estimate of drug-likeness (QED) is 0.926. The number of hydrogen-bond acceptors (Lipinski definition) is 4. The monoisotopic (exact) mass is 317 g/mol. The van der Waals surface area contributed by atoms with Crippen LogP contribution in [0.1, 0.15) is 18.7 Å². The Hall–Kier alpha value is -1.41. The van der Waals surface area contributed by atoms with E-state index in [1.807, 2.05) is 0 Å². The van der Waals surface area contributed by atoms with Gasteiger partial charge in [-0.15, -0.1) is 11.3 Å². The molecule has 21 heavy (non-hydrogen) atoms. The van der Waals surface area contributed by atoms with Crippen molar-refractivity contribution < 1.29 is 13.2 Å². The van der Waals surface area contributed by atoms with Crippen LogP contribution in [-0.4, -0.2) is 34.1 Å². The minimum absolute atomic E-state index is 0.0329. The predicted molar refractivity (Wildman–Crippen MR) is 74.3 cm³/mol. The molecule has 2 aromatic rings. The normalized spacial score (nSPS) is 21.0. The van der Waals surface area contributed by atoms with Crippen LogP contribution in [0, 0.1) is 5.92 Å². The van der Waals surface area contributed by atoms with Crippen molar-refractivity contribution in [3.8, 4) is 0 Å². The van der Waals surface area contributed by atoms with E-state index in [0.29, 0.717) is 29.0 Å². The lowest BCUT2D eigenvalue weighted by Gasteiger charge is -2.33. The summed E-state index contributed by atoms with van der Waals surface area (Å²) >= 11 is 1.30. The first-order valence-electron chi connectivity index (χ1n) is 6.69. The van der Waals surface area contributed by atoms with E-state index in [2.05, 4.69) is 9.97 Å². The molecule has 3 heterocycles. The number of fused-ring (bicyclic) bond motifs is 1. The highest BCUT2D eigenvalue weighted by molar-refractivity contribution is 7.17. The van der Waals surface area contributed by atoms with Crippen LogP contribution >= 0.6 is 11.3 Å². The van der Waals surface area contributed by atoms with E-state index in [0.717, 1.165) is 0 Å². The molecule has 3 rings (SSSR count). The number of piperidine rings is 1. The van der Waals surface area contributed by atoms with Crippen LogP contribution in [-0.2, 0) is 6.54 Å². The van der Waals surface area contributed by atoms with Gasteiger partial charge in [-0.3, -0.25) is 9.69 Å². The van der Waals surface area contributed by atoms with E-state index in [1.54, 1.807) is 16.3 Å². The first-order chi connectivity index (χ1) is 9.93. The lowest BCUT2D eigenvalue weighted by atomic mass is 9.97. The van der Waals surface area contributed by atoms with Gasteiger partial charge in [-0.05, 0) is 30.8 Å². The van der Waals surface area contributed by atoms with Gasteiger partial charge in [-0.1, -0.05) is 0 Å². The van der Waals surface area contributed by atoms with Crippen molar-refractivity contribution in [2.24, 2.45) is 5.92 Å². The van der Waals surface area contributed by atoms with Crippen LogP contribution in [0.2, 0.25) is 0 Å². The summed E-state index contributed by atoms with van der Waals surface area (Å²) in [5, 5.41) is 1.78. The van der Waals surface area contributed by atoms with Gasteiger partial charge in [0.2, 0.25) is 0 Å². The van der Waals surface area contributed by atoms with Gasteiger partial charge in [0.1, 0.15) is 10.5 Å². The number of hydrogen-bond donors (Lipinski definition) is 1. The Balaban J connectivity index is 1.77. The highest BCUT2D eigenvalue weighted by Crippen LogP contribution is 2.33. The topological polar surface area (TPSA) is 49.0 Å². The first kappa shape index (κ1) is 14.5. The lowest BCUT2D eigenvalue weighted by molar-refractivity contribution is -0.187. The molecule has 4 nitrogen and oxygen atoms in total. The number of likely N-dealkylation sites (tertiary alicyclic amines) is 1. The molecule has 1 unspecified atom stereocenters. The Morgan fingerprint density at radius 1 is 1.48 bits per heavy atom. The third-order valence-corrected chi connectivity index (χ3v) is 4.61. The van der Waals surface area contributed by atoms with Crippen molar-refractivity contribution in [3.05, 3.63) is 27.6 Å². The third-order valence-electron chi connectivity index (χ3n) is 3.71. The molecule has 0 bridgehead atoms. The van der Waals surface area contributed by atoms with Gasteiger partial charge in [0.05, 0.1) is 18.0 Å². The summed E-state index contributed by atoms with van der Waals surface area (Å²) in [5.41, 5.74) is 0.373. The van der Waals surface area contributed by atoms with Crippen LogP contribution in [0.15, 0.2) is 16.2 Å². The fourth-order valence-corrected chi connectivity index (χ4v) is 3.40. The molecule has 0 saturated carbocycles. The molecular weight excluding hydrogens is 303 g/mol. The summed E-state index contributed by atoms with van der Waals surface area (Å²) < 4.78 is 38.9. The summed E-state index contributed by atoms with van der Waals surface area (Å²) in [4.78, 5) is 20.5. The summed E-state index contributed by atoms with van der Waals surface area (Å²) in [6, 6.07) is 1.74. The second-order valence-corrected chi connectivity index (χ2v) is 6.18. The molecule has 1 aliphatic heterocycles. The zero-order valence-electron chi connectivity index (χ0n) is 11.1. The number of nitrogens with one attached hydrogen (secondary N) is 1. The van der Waals surface area contributed by atoms with Crippen molar-refractivity contribution in [1.82, 2.24) is 14.9 Å². The third kappa shape index (κ3) is 3.11. The van der Waals surface area contributed by atoms with Crippen LogP contribution in [0.4, 0.5) is 13.2 Å². The lowest BCUT2D eigenvalue weighted by Crippen LogP contribution is -2.41. The van der Waals surface area contributed by atoms with Gasteiger partial charge in [0, 0.05) is 6.54 Å². The fraction of sp³-hybridized carbons (Fsp3) is 0.538. The van der Waals surface area contributed by atoms with Crippen molar-refractivity contribution in [3.63, 3.8) is 0 Å². The number of thiophene rings is 1. The number of aromatic amines is 1. The van der Waals surface area contributed by atoms with E-state index in [4.69, 9.17) is 0 Å². The Kier molecular flexibility index (Phi) is 3.75. The SMILES string of the molecule is O=c1[nH]c(CN2CCCC(C(F)(F)F)C2)nc2ccsc12. The Bertz CT molecular complexity index is 694. The Morgan fingerprint density at radius 3 is 3.05 bits per heavy atom. The van der Waals surface area contributed by atoms with Crippen LogP contribution < -0.4 is 5.56 Å². The number of aromatic nitrogens is 2. The minimum Gasteiger partial charge on any atom is -0.308 e. The maximum atomic E-state index is 12.8. The van der Waals surface area contributed by atoms with E-state index >= 15 is 0 Å². The molecule has 1 fully saturated rings. The molecular formula is C13H14F3N3OS. The van der Waals surface area contributed by atoms with Crippen LogP contribution in [0.5, 0.6) is 0 Å². The molecule has 8 heteroatoms. The molecule has 0 spiro atoms. The number of halogens is 3. The van der Waals surface area contributed by atoms with Crippen LogP contribution in [0.25, 0.3) is 10.2 Å². The van der Waals surface area contributed by atoms with E-state index < -0.39 is 12.1 Å². The van der Waals surface area contributed by atoms with Crippen molar-refractivity contribution >= 4 is 21.6 Å². The largest absolute Gasteiger partial charge is 0.393 e. The van der Waals surface area contributed by atoms with E-state index in [1.165, 1.54) is 11.3 Å². The standard InChI is InChI=1S/C13H14F3N3OS/c14-13(15,16)8-2-1-4-19(6-8)7-10-17-9-3-5-21-11(9)12(20)18-10/h3,5,8H,1-2,4,6-7H2,(H,17,18,20). The average Bonchev–Trinajstić information content (AvgIpc) is 2.87. The van der Waals surface area contributed by atoms with E-state index in [-0.39, 0.29) is 25.1 Å². The fourth-order valence-electron chi connectivity index (χ4n) is 2.67. The molecule has 1 saturated heterocycles. The Labute approximate surface area is 122 Å². The molecule has 0 aliphatic carbocycles. The Morgan fingerprint density at radius 2 is 2.29 bits per heavy atom. The van der Waals surface area contributed by atoms with Crippen molar-refractivity contribution in [1.29, 1.82) is 0 Å². The number of nitrogens with zero attached hydrogens (tertiary/aromatic N) is 2. The zero-order chi connectivity index (χ0) is 15.0. The molecule has 0 amide bonds. The molecule has 1 N–H and O–H groups in total. The summed E-state index contributed by atoms with van der Waals surface area (Å²) in [5.74, 6) is -0.864. The van der Waals surface area contributed by atoms with Gasteiger partial charge in [-0.25, -0.2) is 4.98 Å². The molecule has 0 radical (unpaired) electrons. The smallest absolute Gasteiger partial charge is 0.308 e. The summed E-state index contributed by atoms with van der Waals surface area (Å²) in [6.07, 6.45) is -3.47. The van der Waals surface area contributed by atoms with Gasteiger partial charge in [0.15, 0.2) is 0 Å². The molecule has 114 valence electrons. The number of alkyl halides is 3. The van der Waals surface area contributed by atoms with Crippen molar-refractivity contribution in [2.45, 2.75) is 25.6 Å². The van der Waals surface area contributed by atoms with Gasteiger partial charge < -0.3 is 4.98 Å². The van der Waals surface area contributed by atoms with E-state index in [9.17, 15) is 18.0 Å². The summed E-state index contributed by atoms with van der Waals surface area (Å²) in [6.45, 7) is 0.806. The van der Waals surface area contributed by atoms with Gasteiger partial charge >= 0.3 is 6.18 Å². The van der Waals surface area contributed by atoms with Gasteiger partial charge in [-0.2, -0.15) is 13.2 Å². The van der Waals surface area contributed by atoms with Crippen LogP contribution in [0.3, 0.4) is 0 Å². The average molecular weight is 317 g/mol. The maximum Gasteiger partial charge on any atom is 0.393 e. The highest BCUT2D eigenvalue weighted by Gasteiger charge is 2.41. The molecule has 0 aromatic carbocycles. The summed E-state index contributed by atoms with van der Waals surface area (Å²) in [7, 11) is 0. The second-order valence-electron chi connectivity index (χ2n) is 5.26.